The van der Waals surface area contributed by atoms with E-state index < -0.39 is 0 Å². The molecule has 18 heavy (non-hydrogen) atoms. The van der Waals surface area contributed by atoms with E-state index >= 15 is 0 Å². The summed E-state index contributed by atoms with van der Waals surface area (Å²) in [5.74, 6) is 0.647. The summed E-state index contributed by atoms with van der Waals surface area (Å²) in [6.45, 7) is 7.84. The fourth-order valence-electron chi connectivity index (χ4n) is 2.20. The van der Waals surface area contributed by atoms with Crippen LogP contribution >= 0.6 is 0 Å². The number of benzene rings is 2. The van der Waals surface area contributed by atoms with Gasteiger partial charge in [0.05, 0.1) is 0 Å². The van der Waals surface area contributed by atoms with Crippen LogP contribution in [0.1, 0.15) is 22.3 Å². The van der Waals surface area contributed by atoms with Crippen LogP contribution in [0.2, 0.25) is 0 Å². The first-order chi connectivity index (χ1) is 8.43. The van der Waals surface area contributed by atoms with E-state index in [-0.39, 0.29) is 0 Å². The third-order valence-electron chi connectivity index (χ3n) is 3.81. The molecule has 0 fully saturated rings. The van der Waals surface area contributed by atoms with Gasteiger partial charge < -0.3 is 10.2 Å². The summed E-state index contributed by atoms with van der Waals surface area (Å²) in [5, 5.41) is 19.4. The third-order valence-corrected chi connectivity index (χ3v) is 3.81. The highest BCUT2D eigenvalue weighted by Crippen LogP contribution is 2.35. The molecule has 2 nitrogen and oxygen atoms in total. The Bertz CT molecular complexity index is 557. The average molecular weight is 242 g/mol. The molecule has 94 valence electrons. The molecule has 2 heteroatoms. The predicted molar refractivity (Wildman–Crippen MR) is 74.2 cm³/mol. The maximum atomic E-state index is 9.70. The second-order valence-corrected chi connectivity index (χ2v) is 4.76. The van der Waals surface area contributed by atoms with Crippen molar-refractivity contribution in [2.45, 2.75) is 27.7 Å². The molecule has 0 unspecified atom stereocenters. The molecule has 0 aromatic heterocycles. The van der Waals surface area contributed by atoms with E-state index in [4.69, 9.17) is 0 Å². The Morgan fingerprint density at radius 1 is 0.556 bits per heavy atom. The van der Waals surface area contributed by atoms with Crippen LogP contribution in [0.15, 0.2) is 24.3 Å². The molecule has 0 aliphatic carbocycles. The van der Waals surface area contributed by atoms with Crippen LogP contribution in [0, 0.1) is 27.7 Å². The summed E-state index contributed by atoms with van der Waals surface area (Å²) in [5.41, 5.74) is 6.15. The minimum Gasteiger partial charge on any atom is -0.508 e. The fraction of sp³-hybridized carbons (Fsp3) is 0.250. The first kappa shape index (κ1) is 12.5. The largest absolute Gasteiger partial charge is 0.508 e. The molecule has 2 N–H and O–H groups in total. The van der Waals surface area contributed by atoms with E-state index in [1.165, 1.54) is 0 Å². The third kappa shape index (κ3) is 1.84. The van der Waals surface area contributed by atoms with Gasteiger partial charge >= 0.3 is 0 Å². The molecule has 0 heterocycles. The van der Waals surface area contributed by atoms with Crippen LogP contribution in [-0.4, -0.2) is 10.2 Å². The Morgan fingerprint density at radius 3 is 1.22 bits per heavy atom. The first-order valence-corrected chi connectivity index (χ1v) is 6.02. The zero-order valence-corrected chi connectivity index (χ0v) is 11.2. The van der Waals surface area contributed by atoms with Crippen molar-refractivity contribution in [2.24, 2.45) is 0 Å². The van der Waals surface area contributed by atoms with Gasteiger partial charge in [-0.25, -0.2) is 0 Å². The zero-order valence-electron chi connectivity index (χ0n) is 11.2. The van der Waals surface area contributed by atoms with Crippen molar-refractivity contribution in [2.75, 3.05) is 0 Å². The van der Waals surface area contributed by atoms with Gasteiger partial charge in [-0.2, -0.15) is 0 Å². The second-order valence-electron chi connectivity index (χ2n) is 4.76. The van der Waals surface area contributed by atoms with Crippen LogP contribution < -0.4 is 0 Å². The molecule has 0 saturated carbocycles. The van der Waals surface area contributed by atoms with Crippen LogP contribution in [-0.2, 0) is 0 Å². The van der Waals surface area contributed by atoms with Gasteiger partial charge in [0, 0.05) is 0 Å². The van der Waals surface area contributed by atoms with Crippen molar-refractivity contribution in [3.8, 4) is 22.6 Å². The SMILES string of the molecule is Cc1c(O)ccc(-c2ccc(O)c(C)c2C)c1C. The molecule has 2 aromatic carbocycles. The molecule has 0 spiro atoms. The number of hydrogen-bond acceptors (Lipinski definition) is 2. The Labute approximate surface area is 108 Å². The first-order valence-electron chi connectivity index (χ1n) is 6.02. The van der Waals surface area contributed by atoms with Crippen molar-refractivity contribution >= 4 is 0 Å². The van der Waals surface area contributed by atoms with Crippen LogP contribution in [0.5, 0.6) is 11.5 Å². The second kappa shape index (κ2) is 4.37. The monoisotopic (exact) mass is 242 g/mol. The van der Waals surface area contributed by atoms with Crippen molar-refractivity contribution in [3.05, 3.63) is 46.5 Å². The molecule has 0 saturated heterocycles. The molecular formula is C16H18O2. The smallest absolute Gasteiger partial charge is 0.118 e. The Kier molecular flexibility index (Phi) is 3.04. The van der Waals surface area contributed by atoms with Crippen molar-refractivity contribution in [1.29, 1.82) is 0 Å². The predicted octanol–water partition coefficient (Wildman–Crippen LogP) is 4.00. The zero-order chi connectivity index (χ0) is 13.4. The average Bonchev–Trinajstić information content (AvgIpc) is 2.35. The van der Waals surface area contributed by atoms with E-state index in [0.29, 0.717) is 11.5 Å². The Morgan fingerprint density at radius 2 is 0.889 bits per heavy atom. The van der Waals surface area contributed by atoms with E-state index in [9.17, 15) is 10.2 Å². The maximum Gasteiger partial charge on any atom is 0.118 e. The molecule has 0 atom stereocenters. The molecule has 0 aliphatic rings. The molecule has 0 radical (unpaired) electrons. The standard InChI is InChI=1S/C16H18O2/c1-9-11(3)15(17)7-5-13(9)14-6-8-16(18)12(4)10(14)2/h5-8,17-18H,1-4H3. The van der Waals surface area contributed by atoms with Gasteiger partial charge in [0.25, 0.3) is 0 Å². The van der Waals surface area contributed by atoms with Gasteiger partial charge in [0.1, 0.15) is 11.5 Å². The molecular weight excluding hydrogens is 224 g/mol. The van der Waals surface area contributed by atoms with Crippen molar-refractivity contribution in [1.82, 2.24) is 0 Å². The molecule has 2 rings (SSSR count). The normalized spacial score (nSPS) is 10.7. The molecule has 0 aliphatic heterocycles. The highest BCUT2D eigenvalue weighted by molar-refractivity contribution is 5.74. The number of hydrogen-bond donors (Lipinski definition) is 2. The van der Waals surface area contributed by atoms with E-state index in [1.807, 2.05) is 39.8 Å². The lowest BCUT2D eigenvalue weighted by Gasteiger charge is -2.15. The lowest BCUT2D eigenvalue weighted by Crippen LogP contribution is -1.92. The summed E-state index contributed by atoms with van der Waals surface area (Å²) in [6.07, 6.45) is 0. The van der Waals surface area contributed by atoms with Gasteiger partial charge in [-0.05, 0) is 73.2 Å². The lowest BCUT2D eigenvalue weighted by molar-refractivity contribution is 0.469. The summed E-state index contributed by atoms with van der Waals surface area (Å²) in [4.78, 5) is 0. The minimum atomic E-state index is 0.324. The Hall–Kier alpha value is -1.96. The Balaban J connectivity index is 2.71. The quantitative estimate of drug-likeness (QED) is 0.793. The van der Waals surface area contributed by atoms with Gasteiger partial charge in [0.15, 0.2) is 0 Å². The summed E-state index contributed by atoms with van der Waals surface area (Å²) < 4.78 is 0. The van der Waals surface area contributed by atoms with Crippen molar-refractivity contribution in [3.63, 3.8) is 0 Å². The van der Waals surface area contributed by atoms with Crippen molar-refractivity contribution < 1.29 is 10.2 Å². The molecule has 2 aromatic rings. The lowest BCUT2D eigenvalue weighted by atomic mass is 9.91. The molecule has 0 bridgehead atoms. The maximum absolute atomic E-state index is 9.70. The number of aromatic hydroxyl groups is 2. The number of phenolic OH excluding ortho intramolecular Hbond substituents is 2. The highest BCUT2D eigenvalue weighted by atomic mass is 16.3. The summed E-state index contributed by atoms with van der Waals surface area (Å²) >= 11 is 0. The minimum absolute atomic E-state index is 0.324. The van der Waals surface area contributed by atoms with Gasteiger partial charge in [-0.1, -0.05) is 12.1 Å². The van der Waals surface area contributed by atoms with E-state index in [0.717, 1.165) is 33.4 Å². The van der Waals surface area contributed by atoms with Gasteiger partial charge in [0.2, 0.25) is 0 Å². The highest BCUT2D eigenvalue weighted by Gasteiger charge is 2.12. The van der Waals surface area contributed by atoms with E-state index in [1.54, 1.807) is 12.1 Å². The number of rotatable bonds is 1. The summed E-state index contributed by atoms with van der Waals surface area (Å²) in [7, 11) is 0. The topological polar surface area (TPSA) is 40.5 Å². The summed E-state index contributed by atoms with van der Waals surface area (Å²) in [6, 6.07) is 7.30. The van der Waals surface area contributed by atoms with Gasteiger partial charge in [-0.15, -0.1) is 0 Å². The number of phenols is 2. The fourth-order valence-corrected chi connectivity index (χ4v) is 2.20. The van der Waals surface area contributed by atoms with Crippen LogP contribution in [0.25, 0.3) is 11.1 Å². The molecule has 0 amide bonds. The van der Waals surface area contributed by atoms with Crippen LogP contribution in [0.3, 0.4) is 0 Å². The van der Waals surface area contributed by atoms with Crippen LogP contribution in [0.4, 0.5) is 0 Å². The van der Waals surface area contributed by atoms with E-state index in [2.05, 4.69) is 0 Å². The van der Waals surface area contributed by atoms with Gasteiger partial charge in [-0.3, -0.25) is 0 Å².